The standard InChI is InChI=1S/C34H31B/c1-3-8-30-24-32(20-18-28(30)16-12-26-10-6-5-7-11-26)33-21-19-29(31(25-33)9-4-2)17-13-27-14-22-34(35)23-15-27/h5-7,10-11,14-15,18-25H,3-4,8-9,35H2,1-2H3. The lowest BCUT2D eigenvalue weighted by Gasteiger charge is -2.11. The van der Waals surface area contributed by atoms with Gasteiger partial charge in [-0.25, -0.2) is 0 Å². The highest BCUT2D eigenvalue weighted by Gasteiger charge is 2.07. The Morgan fingerprint density at radius 3 is 1.51 bits per heavy atom. The van der Waals surface area contributed by atoms with Crippen LogP contribution in [0.2, 0.25) is 0 Å². The van der Waals surface area contributed by atoms with Crippen molar-refractivity contribution in [2.24, 2.45) is 0 Å². The maximum atomic E-state index is 3.42. The van der Waals surface area contributed by atoms with Crippen molar-refractivity contribution in [1.29, 1.82) is 0 Å². The molecule has 0 radical (unpaired) electrons. The van der Waals surface area contributed by atoms with Crippen molar-refractivity contribution >= 4 is 13.3 Å². The van der Waals surface area contributed by atoms with Crippen molar-refractivity contribution in [3.63, 3.8) is 0 Å². The van der Waals surface area contributed by atoms with Crippen LogP contribution in [0, 0.1) is 23.7 Å². The van der Waals surface area contributed by atoms with Crippen LogP contribution in [-0.4, -0.2) is 7.85 Å². The van der Waals surface area contributed by atoms with Gasteiger partial charge in [0.1, 0.15) is 7.85 Å². The third-order valence-corrected chi connectivity index (χ3v) is 6.09. The zero-order valence-corrected chi connectivity index (χ0v) is 21.0. The van der Waals surface area contributed by atoms with E-state index in [1.165, 1.54) is 27.7 Å². The van der Waals surface area contributed by atoms with Crippen LogP contribution in [0.5, 0.6) is 0 Å². The van der Waals surface area contributed by atoms with E-state index in [1.54, 1.807) is 0 Å². The molecule has 0 atom stereocenters. The third kappa shape index (κ3) is 6.56. The quantitative estimate of drug-likeness (QED) is 0.247. The molecule has 0 saturated carbocycles. The average molecular weight is 450 g/mol. The molecule has 0 amide bonds. The normalized spacial score (nSPS) is 10.1. The molecule has 35 heavy (non-hydrogen) atoms. The number of rotatable bonds is 5. The first-order chi connectivity index (χ1) is 17.2. The number of aryl methyl sites for hydroxylation is 2. The first-order valence-electron chi connectivity index (χ1n) is 12.6. The van der Waals surface area contributed by atoms with E-state index in [1.807, 2.05) is 18.2 Å². The molecule has 0 N–H and O–H groups in total. The molecular formula is C34H31B. The Morgan fingerprint density at radius 2 is 1.03 bits per heavy atom. The van der Waals surface area contributed by atoms with Crippen molar-refractivity contribution in [2.75, 3.05) is 0 Å². The fraction of sp³-hybridized carbons (Fsp3) is 0.176. The molecule has 0 bridgehead atoms. The van der Waals surface area contributed by atoms with Crippen LogP contribution in [0.4, 0.5) is 0 Å². The lowest BCUT2D eigenvalue weighted by molar-refractivity contribution is 0.917. The van der Waals surface area contributed by atoms with Crippen molar-refractivity contribution in [3.8, 4) is 34.8 Å². The lowest BCUT2D eigenvalue weighted by atomic mass is 9.93. The van der Waals surface area contributed by atoms with E-state index in [4.69, 9.17) is 0 Å². The Hall–Kier alpha value is -3.94. The minimum Gasteiger partial charge on any atom is -0.0889 e. The second-order valence-corrected chi connectivity index (χ2v) is 8.98. The first kappa shape index (κ1) is 24.2. The fourth-order valence-electron chi connectivity index (χ4n) is 4.18. The molecule has 0 unspecified atom stereocenters. The van der Waals surface area contributed by atoms with Gasteiger partial charge in [-0.1, -0.05) is 98.3 Å². The Morgan fingerprint density at radius 1 is 0.543 bits per heavy atom. The van der Waals surface area contributed by atoms with Gasteiger partial charge in [-0.15, -0.1) is 0 Å². The topological polar surface area (TPSA) is 0 Å². The second kappa shape index (κ2) is 12.0. The summed E-state index contributed by atoms with van der Waals surface area (Å²) in [5, 5.41) is 0. The summed E-state index contributed by atoms with van der Waals surface area (Å²) in [5.41, 5.74) is 10.7. The van der Waals surface area contributed by atoms with Crippen molar-refractivity contribution < 1.29 is 0 Å². The van der Waals surface area contributed by atoms with E-state index in [0.717, 1.165) is 47.9 Å². The van der Waals surface area contributed by atoms with Crippen LogP contribution in [0.3, 0.4) is 0 Å². The van der Waals surface area contributed by atoms with Gasteiger partial charge in [-0.05, 0) is 83.6 Å². The molecule has 0 heterocycles. The van der Waals surface area contributed by atoms with Gasteiger partial charge in [0, 0.05) is 22.3 Å². The maximum Gasteiger partial charge on any atom is 0.139 e. The van der Waals surface area contributed by atoms with Crippen LogP contribution in [0.1, 0.15) is 60.1 Å². The summed E-state index contributed by atoms with van der Waals surface area (Å²) < 4.78 is 0. The summed E-state index contributed by atoms with van der Waals surface area (Å²) in [4.78, 5) is 0. The lowest BCUT2D eigenvalue weighted by Crippen LogP contribution is -1.99. The summed E-state index contributed by atoms with van der Waals surface area (Å²) in [7, 11) is 2.10. The molecule has 0 aliphatic rings. The van der Waals surface area contributed by atoms with Gasteiger partial charge in [-0.2, -0.15) is 0 Å². The molecule has 0 aromatic heterocycles. The van der Waals surface area contributed by atoms with Gasteiger partial charge in [0.05, 0.1) is 0 Å². The molecular weight excluding hydrogens is 419 g/mol. The van der Waals surface area contributed by atoms with Crippen molar-refractivity contribution in [2.45, 2.75) is 39.5 Å². The van der Waals surface area contributed by atoms with E-state index in [-0.39, 0.29) is 0 Å². The smallest absolute Gasteiger partial charge is 0.0889 e. The first-order valence-corrected chi connectivity index (χ1v) is 12.6. The van der Waals surface area contributed by atoms with E-state index < -0.39 is 0 Å². The molecule has 170 valence electrons. The van der Waals surface area contributed by atoms with E-state index in [9.17, 15) is 0 Å². The van der Waals surface area contributed by atoms with Gasteiger partial charge in [-0.3, -0.25) is 0 Å². The molecule has 4 aromatic carbocycles. The molecule has 0 spiro atoms. The zero-order valence-electron chi connectivity index (χ0n) is 21.0. The molecule has 0 aliphatic carbocycles. The summed E-state index contributed by atoms with van der Waals surface area (Å²) in [5.74, 6) is 13.5. The SMILES string of the molecule is Bc1ccc(C#Cc2ccc(-c3ccc(C#Cc4ccccc4)c(CCC)c3)cc2CCC)cc1. The van der Waals surface area contributed by atoms with Crippen LogP contribution in [-0.2, 0) is 12.8 Å². The van der Waals surface area contributed by atoms with Gasteiger partial charge in [0.2, 0.25) is 0 Å². The van der Waals surface area contributed by atoms with E-state index in [0.29, 0.717) is 0 Å². The maximum absolute atomic E-state index is 3.42. The van der Waals surface area contributed by atoms with Crippen molar-refractivity contribution in [3.05, 3.63) is 124 Å². The summed E-state index contributed by atoms with van der Waals surface area (Å²) >= 11 is 0. The minimum absolute atomic E-state index is 1.02. The average Bonchev–Trinajstić information content (AvgIpc) is 2.89. The fourth-order valence-corrected chi connectivity index (χ4v) is 4.18. The highest BCUT2D eigenvalue weighted by molar-refractivity contribution is 6.32. The van der Waals surface area contributed by atoms with Crippen molar-refractivity contribution in [1.82, 2.24) is 0 Å². The number of benzene rings is 4. The third-order valence-electron chi connectivity index (χ3n) is 6.09. The summed E-state index contributed by atoms with van der Waals surface area (Å²) in [6.07, 6.45) is 4.23. The highest BCUT2D eigenvalue weighted by Crippen LogP contribution is 2.26. The molecule has 0 saturated heterocycles. The van der Waals surface area contributed by atoms with Gasteiger partial charge in [0.25, 0.3) is 0 Å². The molecule has 4 rings (SSSR count). The van der Waals surface area contributed by atoms with Crippen LogP contribution < -0.4 is 5.46 Å². The second-order valence-electron chi connectivity index (χ2n) is 8.98. The largest absolute Gasteiger partial charge is 0.139 e. The van der Waals surface area contributed by atoms with Gasteiger partial charge in [0.15, 0.2) is 0 Å². The predicted molar refractivity (Wildman–Crippen MR) is 153 cm³/mol. The summed E-state index contributed by atoms with van der Waals surface area (Å²) in [6.45, 7) is 4.45. The van der Waals surface area contributed by atoms with E-state index in [2.05, 4.69) is 118 Å². The zero-order chi connectivity index (χ0) is 24.5. The Kier molecular flexibility index (Phi) is 8.27. The van der Waals surface area contributed by atoms with Gasteiger partial charge >= 0.3 is 0 Å². The van der Waals surface area contributed by atoms with Crippen LogP contribution >= 0.6 is 0 Å². The predicted octanol–water partition coefficient (Wildman–Crippen LogP) is 6.32. The Bertz CT molecular complexity index is 1410. The summed E-state index contributed by atoms with van der Waals surface area (Å²) in [6, 6.07) is 32.0. The molecule has 0 nitrogen and oxygen atoms in total. The Balaban J connectivity index is 1.66. The molecule has 1 heteroatoms. The number of hydrogen-bond donors (Lipinski definition) is 0. The van der Waals surface area contributed by atoms with Crippen LogP contribution in [0.15, 0.2) is 91.0 Å². The highest BCUT2D eigenvalue weighted by atomic mass is 14.1. The molecule has 0 fully saturated rings. The molecule has 0 aliphatic heterocycles. The number of hydrogen-bond acceptors (Lipinski definition) is 0. The van der Waals surface area contributed by atoms with Crippen LogP contribution in [0.25, 0.3) is 11.1 Å². The minimum atomic E-state index is 1.02. The monoisotopic (exact) mass is 450 g/mol. The molecule has 4 aromatic rings. The Labute approximate surface area is 211 Å². The van der Waals surface area contributed by atoms with Gasteiger partial charge < -0.3 is 0 Å². The van der Waals surface area contributed by atoms with E-state index >= 15 is 0 Å².